The minimum absolute atomic E-state index is 0.178. The van der Waals surface area contributed by atoms with Crippen LogP contribution in [0.25, 0.3) is 0 Å². The third kappa shape index (κ3) is 4.27. The molecule has 0 saturated heterocycles. The van der Waals surface area contributed by atoms with Crippen molar-refractivity contribution in [3.05, 3.63) is 50.7 Å². The summed E-state index contributed by atoms with van der Waals surface area (Å²) in [4.78, 5) is 9.81. The highest BCUT2D eigenvalue weighted by atomic mass is 32.1. The highest BCUT2D eigenvalue weighted by Gasteiger charge is 2.06. The lowest BCUT2D eigenvalue weighted by atomic mass is 10.1. The Hall–Kier alpha value is -1.95. The van der Waals surface area contributed by atoms with Gasteiger partial charge in [0.1, 0.15) is 5.82 Å². The summed E-state index contributed by atoms with van der Waals surface area (Å²) in [6.45, 7) is 7.07. The van der Waals surface area contributed by atoms with Crippen molar-refractivity contribution in [2.45, 2.75) is 33.9 Å². The average molecular weight is 320 g/mol. The SMILES string of the molecule is CN=C(NCc1ccc(F)c(C)c1)NCc1sc(C)nc1C. The lowest BCUT2D eigenvalue weighted by Gasteiger charge is -2.12. The van der Waals surface area contributed by atoms with Gasteiger partial charge in [-0.25, -0.2) is 9.37 Å². The van der Waals surface area contributed by atoms with Crippen molar-refractivity contribution < 1.29 is 4.39 Å². The lowest BCUT2D eigenvalue weighted by molar-refractivity contribution is 0.617. The highest BCUT2D eigenvalue weighted by molar-refractivity contribution is 7.11. The fourth-order valence-electron chi connectivity index (χ4n) is 2.12. The molecular formula is C16H21FN4S. The minimum atomic E-state index is -0.178. The largest absolute Gasteiger partial charge is 0.352 e. The van der Waals surface area contributed by atoms with E-state index in [-0.39, 0.29) is 5.82 Å². The van der Waals surface area contributed by atoms with E-state index in [1.165, 1.54) is 10.9 Å². The third-order valence-corrected chi connectivity index (χ3v) is 4.39. The molecule has 0 unspecified atom stereocenters. The Balaban J connectivity index is 1.90. The van der Waals surface area contributed by atoms with E-state index in [0.717, 1.165) is 16.3 Å². The van der Waals surface area contributed by atoms with Gasteiger partial charge in [0.15, 0.2) is 5.96 Å². The van der Waals surface area contributed by atoms with Crippen LogP contribution < -0.4 is 10.6 Å². The van der Waals surface area contributed by atoms with Gasteiger partial charge in [0, 0.05) is 18.5 Å². The van der Waals surface area contributed by atoms with Crippen LogP contribution in [0.3, 0.4) is 0 Å². The fourth-order valence-corrected chi connectivity index (χ4v) is 3.00. The second-order valence-corrected chi connectivity index (χ2v) is 6.39. The van der Waals surface area contributed by atoms with Crippen molar-refractivity contribution in [1.82, 2.24) is 15.6 Å². The molecule has 2 aromatic rings. The Morgan fingerprint density at radius 3 is 2.55 bits per heavy atom. The molecule has 4 nitrogen and oxygen atoms in total. The summed E-state index contributed by atoms with van der Waals surface area (Å²) in [5.74, 6) is 0.537. The van der Waals surface area contributed by atoms with E-state index in [4.69, 9.17) is 0 Å². The van der Waals surface area contributed by atoms with Gasteiger partial charge in [-0.15, -0.1) is 11.3 Å². The quantitative estimate of drug-likeness (QED) is 0.672. The number of nitrogens with zero attached hydrogens (tertiary/aromatic N) is 2. The summed E-state index contributed by atoms with van der Waals surface area (Å²) in [5, 5.41) is 7.57. The molecule has 6 heteroatoms. The second-order valence-electron chi connectivity index (χ2n) is 5.10. The number of hydrogen-bond donors (Lipinski definition) is 2. The molecule has 0 aliphatic rings. The smallest absolute Gasteiger partial charge is 0.191 e. The molecule has 118 valence electrons. The van der Waals surface area contributed by atoms with Gasteiger partial charge < -0.3 is 10.6 Å². The van der Waals surface area contributed by atoms with Gasteiger partial charge in [0.2, 0.25) is 0 Å². The number of aryl methyl sites for hydroxylation is 3. The van der Waals surface area contributed by atoms with Crippen LogP contribution in [0.15, 0.2) is 23.2 Å². The number of guanidine groups is 1. The molecule has 2 N–H and O–H groups in total. The first-order valence-electron chi connectivity index (χ1n) is 7.12. The number of aliphatic imine (C=N–C) groups is 1. The molecule has 0 fully saturated rings. The number of thiazole rings is 1. The van der Waals surface area contributed by atoms with E-state index in [0.29, 0.717) is 24.6 Å². The zero-order valence-electron chi connectivity index (χ0n) is 13.3. The molecule has 0 atom stereocenters. The van der Waals surface area contributed by atoms with Crippen LogP contribution in [0.4, 0.5) is 4.39 Å². The molecule has 1 aromatic heterocycles. The Morgan fingerprint density at radius 1 is 1.23 bits per heavy atom. The number of hydrogen-bond acceptors (Lipinski definition) is 3. The predicted molar refractivity (Wildman–Crippen MR) is 89.8 cm³/mol. The summed E-state index contributed by atoms with van der Waals surface area (Å²) < 4.78 is 13.3. The molecule has 0 saturated carbocycles. The Labute approximate surface area is 134 Å². The number of aromatic nitrogens is 1. The Morgan fingerprint density at radius 2 is 1.95 bits per heavy atom. The summed E-state index contributed by atoms with van der Waals surface area (Å²) in [6.07, 6.45) is 0. The first kappa shape index (κ1) is 16.4. The van der Waals surface area contributed by atoms with E-state index in [2.05, 4.69) is 20.6 Å². The molecule has 1 heterocycles. The van der Waals surface area contributed by atoms with Gasteiger partial charge in [0.25, 0.3) is 0 Å². The van der Waals surface area contributed by atoms with E-state index in [1.54, 1.807) is 31.4 Å². The van der Waals surface area contributed by atoms with Crippen LogP contribution in [0.2, 0.25) is 0 Å². The molecular weight excluding hydrogens is 299 g/mol. The van der Waals surface area contributed by atoms with Crippen molar-refractivity contribution in [3.63, 3.8) is 0 Å². The van der Waals surface area contributed by atoms with Crippen molar-refractivity contribution in [3.8, 4) is 0 Å². The molecule has 0 aliphatic heterocycles. The van der Waals surface area contributed by atoms with Gasteiger partial charge in [-0.1, -0.05) is 12.1 Å². The van der Waals surface area contributed by atoms with E-state index < -0.39 is 0 Å². The zero-order chi connectivity index (χ0) is 16.1. The summed E-state index contributed by atoms with van der Waals surface area (Å²) in [6, 6.07) is 5.11. The Kier molecular flexibility index (Phi) is 5.49. The summed E-state index contributed by atoms with van der Waals surface area (Å²) in [7, 11) is 1.73. The van der Waals surface area contributed by atoms with Gasteiger partial charge in [-0.3, -0.25) is 4.99 Å². The fraction of sp³-hybridized carbons (Fsp3) is 0.375. The maximum Gasteiger partial charge on any atom is 0.191 e. The lowest BCUT2D eigenvalue weighted by Crippen LogP contribution is -2.36. The molecule has 2 rings (SSSR count). The average Bonchev–Trinajstić information content (AvgIpc) is 2.81. The van der Waals surface area contributed by atoms with Gasteiger partial charge >= 0.3 is 0 Å². The first-order valence-corrected chi connectivity index (χ1v) is 7.93. The van der Waals surface area contributed by atoms with Gasteiger partial charge in [-0.2, -0.15) is 0 Å². The van der Waals surface area contributed by atoms with Crippen LogP contribution in [0, 0.1) is 26.6 Å². The van der Waals surface area contributed by atoms with Gasteiger partial charge in [0.05, 0.1) is 17.2 Å². The molecule has 0 radical (unpaired) electrons. The number of benzene rings is 1. The monoisotopic (exact) mass is 320 g/mol. The van der Waals surface area contributed by atoms with E-state index >= 15 is 0 Å². The van der Waals surface area contributed by atoms with E-state index in [1.807, 2.05) is 19.9 Å². The standard InChI is InChI=1S/C16H21FN4S/c1-10-7-13(5-6-14(10)17)8-19-16(18-4)20-9-15-11(2)21-12(3)22-15/h5-7H,8-9H2,1-4H3,(H2,18,19,20). The normalized spacial score (nSPS) is 11.6. The van der Waals surface area contributed by atoms with Crippen LogP contribution in [-0.4, -0.2) is 18.0 Å². The van der Waals surface area contributed by atoms with Crippen molar-refractivity contribution in [2.24, 2.45) is 4.99 Å². The summed E-state index contributed by atoms with van der Waals surface area (Å²) >= 11 is 1.69. The molecule has 22 heavy (non-hydrogen) atoms. The topological polar surface area (TPSA) is 49.3 Å². The molecule has 1 aromatic carbocycles. The second kappa shape index (κ2) is 7.35. The molecule has 0 amide bonds. The van der Waals surface area contributed by atoms with Gasteiger partial charge in [-0.05, 0) is 38.0 Å². The van der Waals surface area contributed by atoms with Crippen molar-refractivity contribution in [1.29, 1.82) is 0 Å². The number of rotatable bonds is 4. The summed E-state index contributed by atoms with van der Waals surface area (Å²) in [5.41, 5.74) is 2.73. The first-order chi connectivity index (χ1) is 10.5. The maximum absolute atomic E-state index is 13.3. The third-order valence-electron chi connectivity index (χ3n) is 3.32. The van der Waals surface area contributed by atoms with Crippen LogP contribution in [-0.2, 0) is 13.1 Å². The van der Waals surface area contributed by atoms with E-state index in [9.17, 15) is 4.39 Å². The van der Waals surface area contributed by atoms with Crippen LogP contribution in [0.1, 0.15) is 26.7 Å². The Bertz CT molecular complexity index is 679. The minimum Gasteiger partial charge on any atom is -0.352 e. The predicted octanol–water partition coefficient (Wildman–Crippen LogP) is 3.07. The maximum atomic E-state index is 13.3. The molecule has 0 bridgehead atoms. The van der Waals surface area contributed by atoms with Crippen molar-refractivity contribution in [2.75, 3.05) is 7.05 Å². The molecule has 0 spiro atoms. The zero-order valence-corrected chi connectivity index (χ0v) is 14.1. The van der Waals surface area contributed by atoms with Crippen LogP contribution in [0.5, 0.6) is 0 Å². The van der Waals surface area contributed by atoms with Crippen LogP contribution >= 0.6 is 11.3 Å². The number of halogens is 1. The molecule has 0 aliphatic carbocycles. The highest BCUT2D eigenvalue weighted by Crippen LogP contribution is 2.16. The number of nitrogens with one attached hydrogen (secondary N) is 2. The van der Waals surface area contributed by atoms with Crippen molar-refractivity contribution >= 4 is 17.3 Å².